The number of carbonyl (C=O) groups excluding carboxylic acids is 2. The minimum absolute atomic E-state index is 0.0206. The number of aromatic nitrogens is 3. The number of hydrogen-bond donors (Lipinski definition) is 0. The third-order valence-electron chi connectivity index (χ3n) is 8.46. The number of amides is 1. The molecule has 0 unspecified atom stereocenters. The van der Waals surface area contributed by atoms with Crippen molar-refractivity contribution in [1.82, 2.24) is 19.4 Å². The molecule has 0 radical (unpaired) electrons. The third kappa shape index (κ3) is 6.98. The summed E-state index contributed by atoms with van der Waals surface area (Å²) in [7, 11) is 1.21. The molecular formula is C36H28F5N5O4. The normalized spacial score (nSPS) is 15.2. The average Bonchev–Trinajstić information content (AvgIpc) is 3.60. The van der Waals surface area contributed by atoms with Crippen molar-refractivity contribution in [2.45, 2.75) is 44.9 Å². The Labute approximate surface area is 282 Å². The smallest absolute Gasteiger partial charge is 0.337 e. The number of likely N-dealkylation sites (tertiary alicyclic amines) is 1. The fourth-order valence-electron chi connectivity index (χ4n) is 6.02. The molecule has 1 saturated heterocycles. The molecule has 14 heteroatoms. The molecular weight excluding hydrogens is 661 g/mol. The van der Waals surface area contributed by atoms with Crippen LogP contribution in [0, 0.1) is 28.8 Å². The minimum atomic E-state index is -3.12. The second kappa shape index (κ2) is 13.6. The summed E-state index contributed by atoms with van der Waals surface area (Å²) in [6.07, 6.45) is -0.876. The fraction of sp³-hybridized carbons (Fsp3) is 0.250. The van der Waals surface area contributed by atoms with Crippen LogP contribution in [-0.4, -0.2) is 56.9 Å². The Kier molecular flexibility index (Phi) is 9.25. The van der Waals surface area contributed by atoms with Crippen LogP contribution in [0.5, 0.6) is 5.88 Å². The number of imidazole rings is 1. The summed E-state index contributed by atoms with van der Waals surface area (Å²) in [5.41, 5.74) is 0.973. The first kappa shape index (κ1) is 34.0. The van der Waals surface area contributed by atoms with Crippen LogP contribution in [0.1, 0.15) is 46.2 Å². The molecule has 0 aliphatic carbocycles. The van der Waals surface area contributed by atoms with Crippen LogP contribution in [-0.2, 0) is 29.1 Å². The van der Waals surface area contributed by atoms with Gasteiger partial charge in [0.15, 0.2) is 0 Å². The average molecular weight is 690 g/mol. The van der Waals surface area contributed by atoms with E-state index < -0.39 is 54.3 Å². The van der Waals surface area contributed by atoms with Crippen LogP contribution in [0.25, 0.3) is 22.3 Å². The summed E-state index contributed by atoms with van der Waals surface area (Å²) >= 11 is 0. The summed E-state index contributed by atoms with van der Waals surface area (Å²) < 4.78 is 86.5. The number of esters is 1. The van der Waals surface area contributed by atoms with Crippen LogP contribution in [0.2, 0.25) is 0 Å². The monoisotopic (exact) mass is 689 g/mol. The number of pyridine rings is 1. The molecule has 6 rings (SSSR count). The number of halogens is 5. The summed E-state index contributed by atoms with van der Waals surface area (Å²) in [5.74, 6) is -6.36. The van der Waals surface area contributed by atoms with Crippen molar-refractivity contribution in [3.63, 3.8) is 0 Å². The number of alkyl halides is 2. The summed E-state index contributed by atoms with van der Waals surface area (Å²) in [6.45, 7) is 0.0734. The van der Waals surface area contributed by atoms with Gasteiger partial charge in [0.05, 0.1) is 53.6 Å². The Hall–Kier alpha value is -5.84. The maximum atomic E-state index is 15.7. The van der Waals surface area contributed by atoms with Crippen LogP contribution in [0.4, 0.5) is 22.0 Å². The van der Waals surface area contributed by atoms with Gasteiger partial charge >= 0.3 is 5.97 Å². The third-order valence-corrected chi connectivity index (χ3v) is 8.46. The predicted octanol–water partition coefficient (Wildman–Crippen LogP) is 6.60. The SMILES string of the molecule is COC(=O)c1ccc2nc(Cc3cc(F)c(-c4cccc(OCc5ccc(C#N)cc5F)n4)cc3F)n(C[C@H]3CC(F)(F)CN3C(C)=O)c2c1. The van der Waals surface area contributed by atoms with Gasteiger partial charge in [-0.25, -0.2) is 36.7 Å². The Bertz CT molecular complexity index is 2180. The molecule has 0 saturated carbocycles. The van der Waals surface area contributed by atoms with E-state index in [4.69, 9.17) is 14.7 Å². The molecule has 0 spiro atoms. The summed E-state index contributed by atoms with van der Waals surface area (Å²) in [4.78, 5) is 34.4. The van der Waals surface area contributed by atoms with Crippen LogP contribution < -0.4 is 4.74 Å². The van der Waals surface area contributed by atoms with Gasteiger partial charge in [-0.15, -0.1) is 0 Å². The number of nitrogens with zero attached hydrogens (tertiary/aromatic N) is 5. The van der Waals surface area contributed by atoms with Crippen molar-refractivity contribution >= 4 is 22.9 Å². The van der Waals surface area contributed by atoms with Crippen molar-refractivity contribution in [3.8, 4) is 23.2 Å². The van der Waals surface area contributed by atoms with E-state index in [1.54, 1.807) is 0 Å². The highest BCUT2D eigenvalue weighted by Crippen LogP contribution is 2.35. The Morgan fingerprint density at radius 2 is 1.76 bits per heavy atom. The van der Waals surface area contributed by atoms with E-state index in [1.165, 1.54) is 67.1 Å². The van der Waals surface area contributed by atoms with Crippen molar-refractivity contribution in [2.24, 2.45) is 0 Å². The first-order chi connectivity index (χ1) is 23.8. The second-order valence-corrected chi connectivity index (χ2v) is 11.9. The molecule has 1 atom stereocenters. The quantitative estimate of drug-likeness (QED) is 0.127. The van der Waals surface area contributed by atoms with E-state index in [9.17, 15) is 22.8 Å². The zero-order valence-electron chi connectivity index (χ0n) is 26.7. The van der Waals surface area contributed by atoms with Crippen LogP contribution >= 0.6 is 0 Å². The molecule has 50 heavy (non-hydrogen) atoms. The van der Waals surface area contributed by atoms with E-state index in [-0.39, 0.29) is 64.8 Å². The highest BCUT2D eigenvalue weighted by atomic mass is 19.3. The van der Waals surface area contributed by atoms with E-state index in [1.807, 2.05) is 6.07 Å². The maximum absolute atomic E-state index is 15.7. The van der Waals surface area contributed by atoms with Crippen molar-refractivity contribution in [3.05, 3.63) is 112 Å². The second-order valence-electron chi connectivity index (χ2n) is 11.9. The van der Waals surface area contributed by atoms with E-state index in [2.05, 4.69) is 9.97 Å². The molecule has 3 heterocycles. The van der Waals surface area contributed by atoms with Gasteiger partial charge in [0.25, 0.3) is 5.92 Å². The van der Waals surface area contributed by atoms with E-state index >= 15 is 8.78 Å². The van der Waals surface area contributed by atoms with Crippen LogP contribution in [0.3, 0.4) is 0 Å². The lowest BCUT2D eigenvalue weighted by Crippen LogP contribution is -2.37. The number of fused-ring (bicyclic) bond motifs is 1. The predicted molar refractivity (Wildman–Crippen MR) is 170 cm³/mol. The van der Waals surface area contributed by atoms with E-state index in [0.717, 1.165) is 23.1 Å². The van der Waals surface area contributed by atoms with Crippen molar-refractivity contribution in [2.75, 3.05) is 13.7 Å². The van der Waals surface area contributed by atoms with Gasteiger partial charge in [0, 0.05) is 43.5 Å². The molecule has 1 aliphatic heterocycles. The molecule has 1 aliphatic rings. The van der Waals surface area contributed by atoms with Gasteiger partial charge in [0.1, 0.15) is 29.9 Å². The Balaban J connectivity index is 1.30. The number of benzene rings is 3. The largest absolute Gasteiger partial charge is 0.473 e. The van der Waals surface area contributed by atoms with Gasteiger partial charge in [-0.3, -0.25) is 4.79 Å². The van der Waals surface area contributed by atoms with E-state index in [0.29, 0.717) is 11.0 Å². The number of rotatable bonds is 9. The van der Waals surface area contributed by atoms with Crippen molar-refractivity contribution in [1.29, 1.82) is 5.26 Å². The first-order valence-corrected chi connectivity index (χ1v) is 15.3. The molecule has 5 aromatic rings. The summed E-state index contributed by atoms with van der Waals surface area (Å²) in [6, 6.07) is 15.7. The molecule has 2 aromatic heterocycles. The lowest BCUT2D eigenvalue weighted by molar-refractivity contribution is -0.131. The Morgan fingerprint density at radius 1 is 0.980 bits per heavy atom. The number of ether oxygens (including phenoxy) is 2. The number of hydrogen-bond acceptors (Lipinski definition) is 7. The molecule has 3 aromatic carbocycles. The fourth-order valence-corrected chi connectivity index (χ4v) is 6.02. The maximum Gasteiger partial charge on any atom is 0.337 e. The lowest BCUT2D eigenvalue weighted by atomic mass is 10.0. The van der Waals surface area contributed by atoms with Crippen LogP contribution in [0.15, 0.2) is 66.7 Å². The number of carbonyl (C=O) groups is 2. The summed E-state index contributed by atoms with van der Waals surface area (Å²) in [5, 5.41) is 8.93. The van der Waals surface area contributed by atoms with Gasteiger partial charge in [-0.2, -0.15) is 5.26 Å². The highest BCUT2D eigenvalue weighted by Gasteiger charge is 2.46. The molecule has 256 valence electrons. The lowest BCUT2D eigenvalue weighted by Gasteiger charge is -2.24. The van der Waals surface area contributed by atoms with Crippen molar-refractivity contribution < 1.29 is 41.0 Å². The minimum Gasteiger partial charge on any atom is -0.473 e. The van der Waals surface area contributed by atoms with Gasteiger partial charge in [-0.05, 0) is 54.1 Å². The van der Waals surface area contributed by atoms with Gasteiger partial charge in [0.2, 0.25) is 11.8 Å². The first-order valence-electron chi connectivity index (χ1n) is 15.3. The highest BCUT2D eigenvalue weighted by molar-refractivity contribution is 5.93. The standard InChI is InChI=1S/C36H28F5N5O4/c1-20(47)46-19-36(40,41)15-25(46)17-45-32-12-22(35(48)49-2)8-9-31(32)43-33(45)13-24-11-29(39)26(14-28(24)38)30-4-3-5-34(44-30)50-18-23-7-6-21(16-42)10-27(23)37/h3-12,14,25H,13,15,17-19H2,1-2H3/t25-/m1/s1. The molecule has 0 N–H and O–H groups in total. The Morgan fingerprint density at radius 3 is 2.48 bits per heavy atom. The van der Waals surface area contributed by atoms with Gasteiger partial charge < -0.3 is 18.9 Å². The molecule has 1 amide bonds. The molecule has 1 fully saturated rings. The molecule has 0 bridgehead atoms. The zero-order chi connectivity index (χ0) is 35.7. The topological polar surface area (TPSA) is 110 Å². The number of methoxy groups -OCH3 is 1. The number of nitriles is 1. The zero-order valence-corrected chi connectivity index (χ0v) is 26.7. The molecule has 9 nitrogen and oxygen atoms in total. The van der Waals surface area contributed by atoms with Gasteiger partial charge in [-0.1, -0.05) is 12.1 Å².